The standard InChI is InChI=1S/C32H39F3N3O5.C30H35ClF2N3O5.C30H35F3N3O5.3V/c1-6-21-24(17-39)38-16-25(21)42-27-22(13-18-10-11-20(33)14-23(18)36-27)32(34,35)12-8-7-9-19-15-31(19,5)43-29(41)37-26(28(38)40)30(2,3)4;2*1-16-22(15-37)36-14-24(16)40-26-20(11-17-8-9-19(31)13-21(17)34-26)30(32,33)10-6-5-7-18-12-23(18)41-28(39)35-25(27(36)38)29(2,3)4;;;/h10-11,13-14,19,21,24-26H,6-9,12,15-16H2,1-5H3,(H,37,41);2*8-9,11,13,16,18,22-25H,5-7,10,12,14H2,1-4H3,(H,35,39);;;/q3*-1;;;/t19-,21+,24-,25+,26-,31-;2*16-,18+,22+,23+,24-,25+;;;/m100.../s1. The zero-order chi connectivity index (χ0) is 90.7. The SMILES string of the molecule is CC[C@@H]1[C@@H]2CN(C(=O)[C@H](C(C)(C)C)NC(=O)O[C@]3(C)C[C@H]3CCCCC(F)(F)c3cc4ccc(F)cc4nc3O2)[C@@H]1[C-]=O.C[C@@H]1[C@@H]2CN(C(=O)[C@H](C(C)(C)C)NC(=O)O[C@@H]3C[C@H]3CCCCC(F)(F)c3cc4ccc(Cl)cc4nc3O2)[C@@H]1[C-]=O.C[C@@H]1[C@@H]2CN(C(=O)[C@H](C(C)(C)C)NC(=O)O[C@@H]3C[C@H]3CCCCC(F)(F)c3cc4ccc(F)cc4nc3O2)[C@@H]1[C-]=O.[V].[V].[V]. The molecule has 9 aliphatic rings. The fourth-order valence-corrected chi connectivity index (χ4v) is 18.2. The zero-order valence-electron chi connectivity index (χ0n) is 73.7. The quantitative estimate of drug-likeness (QED) is 0.0839. The Balaban J connectivity index is 0.000000198. The van der Waals surface area contributed by atoms with Crippen molar-refractivity contribution >= 4 is 99.2 Å². The maximum Gasteiger partial charge on any atom is 0.408 e. The number of hydrogen-bond acceptors (Lipinski definition) is 18. The van der Waals surface area contributed by atoms with Gasteiger partial charge in [-0.05, 0) is 165 Å². The average molecular weight is 1920 g/mol. The second kappa shape index (κ2) is 40.2. The Morgan fingerprint density at radius 2 is 0.805 bits per heavy atom. The number of halogens is 9. The predicted octanol–water partition coefficient (Wildman–Crippen LogP) is 17.1. The van der Waals surface area contributed by atoms with E-state index >= 15 is 26.3 Å². The number of nitrogens with zero attached hydrogens (tertiary/aromatic N) is 6. The largest absolute Gasteiger partial charge is 0.540 e. The summed E-state index contributed by atoms with van der Waals surface area (Å²) in [6, 6.07) is 10.0. The van der Waals surface area contributed by atoms with Crippen molar-refractivity contribution < 1.29 is 162 Å². The summed E-state index contributed by atoms with van der Waals surface area (Å²) in [6.07, 6.45) is 5.38. The first-order valence-corrected chi connectivity index (χ1v) is 43.5. The van der Waals surface area contributed by atoms with Crippen molar-refractivity contribution in [3.05, 3.63) is 106 Å². The van der Waals surface area contributed by atoms with Crippen LogP contribution in [0.1, 0.15) is 209 Å². The van der Waals surface area contributed by atoms with Gasteiger partial charge in [0.2, 0.25) is 35.4 Å². The van der Waals surface area contributed by atoms with E-state index in [-0.39, 0.29) is 159 Å². The number of benzene rings is 3. The van der Waals surface area contributed by atoms with Crippen molar-refractivity contribution in [3.63, 3.8) is 0 Å². The molecular formula is C92H109ClF8N9O15V3-3. The molecule has 693 valence electrons. The second-order valence-corrected chi connectivity index (χ2v) is 39.1. The van der Waals surface area contributed by atoms with E-state index in [1.54, 1.807) is 108 Å². The summed E-state index contributed by atoms with van der Waals surface area (Å²) < 4.78 is 158. The van der Waals surface area contributed by atoms with Gasteiger partial charge in [0.05, 0.1) is 52.9 Å². The van der Waals surface area contributed by atoms with E-state index in [0.29, 0.717) is 90.9 Å². The van der Waals surface area contributed by atoms with Gasteiger partial charge in [0.25, 0.3) is 17.8 Å². The van der Waals surface area contributed by atoms with Gasteiger partial charge in [-0.1, -0.05) is 145 Å². The van der Waals surface area contributed by atoms with Crippen molar-refractivity contribution in [2.75, 3.05) is 19.6 Å². The van der Waals surface area contributed by atoms with Gasteiger partial charge in [0, 0.05) is 114 Å². The summed E-state index contributed by atoms with van der Waals surface area (Å²) in [4.78, 5) is 134. The minimum atomic E-state index is -3.32. The molecule has 6 amide bonds. The summed E-state index contributed by atoms with van der Waals surface area (Å²) in [5.41, 5.74) is -3.45. The van der Waals surface area contributed by atoms with Crippen molar-refractivity contribution in [1.29, 1.82) is 0 Å². The third kappa shape index (κ3) is 23.0. The van der Waals surface area contributed by atoms with E-state index in [1.807, 2.05) is 18.9 Å². The summed E-state index contributed by atoms with van der Waals surface area (Å²) >= 11 is 6.15. The molecule has 6 bridgehead atoms. The number of carbonyl (C=O) groups excluding carboxylic acids is 9. The first kappa shape index (κ1) is 102. The number of ether oxygens (including phenoxy) is 6. The van der Waals surface area contributed by atoms with Crippen LogP contribution in [-0.4, -0.2) is 177 Å². The number of alkyl carbamates (subject to hydrolysis) is 3. The van der Waals surface area contributed by atoms with E-state index in [4.69, 9.17) is 40.0 Å². The molecule has 24 nitrogen and oxygen atoms in total. The Hall–Kier alpha value is -8.00. The molecule has 3 aromatic carbocycles. The molecule has 0 spiro atoms. The first-order chi connectivity index (χ1) is 58.7. The number of aromatic nitrogens is 3. The molecule has 6 aliphatic heterocycles. The number of carbonyl (C=O) groups is 6. The molecule has 18 atom stereocenters. The molecule has 0 unspecified atom stereocenters. The van der Waals surface area contributed by atoms with Gasteiger partial charge >= 0.3 is 18.3 Å². The fourth-order valence-electron chi connectivity index (χ4n) is 18.1. The Morgan fingerprint density at radius 3 is 1.18 bits per heavy atom. The molecule has 36 heteroatoms. The Labute approximate surface area is 780 Å². The van der Waals surface area contributed by atoms with E-state index < -0.39 is 190 Å². The van der Waals surface area contributed by atoms with Crippen molar-refractivity contribution in [2.45, 2.75) is 283 Å². The van der Waals surface area contributed by atoms with E-state index in [9.17, 15) is 51.9 Å². The van der Waals surface area contributed by atoms with Crippen LogP contribution >= 0.6 is 11.6 Å². The van der Waals surface area contributed by atoms with Crippen LogP contribution in [0.3, 0.4) is 0 Å². The third-order valence-corrected chi connectivity index (χ3v) is 26.3. The number of fused-ring (bicyclic) bond motifs is 15. The van der Waals surface area contributed by atoms with E-state index in [2.05, 4.69) is 30.9 Å². The number of rotatable bonds is 4. The zero-order valence-corrected chi connectivity index (χ0v) is 78.7. The van der Waals surface area contributed by atoms with Gasteiger partial charge < -0.3 is 73.5 Å². The van der Waals surface area contributed by atoms with Gasteiger partial charge in [-0.2, -0.15) is 0 Å². The second-order valence-electron chi connectivity index (χ2n) is 38.6. The molecule has 6 aromatic rings. The summed E-state index contributed by atoms with van der Waals surface area (Å²) in [7, 11) is 0. The van der Waals surface area contributed by atoms with Crippen LogP contribution in [0.25, 0.3) is 32.7 Å². The molecule has 3 saturated heterocycles. The topological polar surface area (TPSA) is 293 Å². The molecule has 128 heavy (non-hydrogen) atoms. The van der Waals surface area contributed by atoms with E-state index in [1.165, 1.54) is 57.2 Å². The Bertz CT molecular complexity index is 4910. The van der Waals surface area contributed by atoms with Crippen LogP contribution in [0.4, 0.5) is 49.5 Å². The molecular weight excluding hydrogens is 1810 g/mol. The van der Waals surface area contributed by atoms with Crippen LogP contribution in [-0.2, 0) is 116 Å². The average Bonchev–Trinajstić information content (AvgIpc) is 1.48. The maximum absolute atomic E-state index is 15.9. The van der Waals surface area contributed by atoms with E-state index in [0.717, 1.165) is 12.1 Å². The van der Waals surface area contributed by atoms with Gasteiger partial charge in [-0.15, -0.1) is 0 Å². The van der Waals surface area contributed by atoms with Gasteiger partial charge in [0.1, 0.15) is 65.9 Å². The molecule has 3 aromatic heterocycles. The van der Waals surface area contributed by atoms with Gasteiger partial charge in [-0.3, -0.25) is 14.4 Å². The fraction of sp³-hybridized carbons (Fsp3) is 0.609. The van der Waals surface area contributed by atoms with Gasteiger partial charge in [-0.25, -0.2) is 83.3 Å². The number of nitrogens with one attached hydrogen (secondary N) is 3. The number of amides is 6. The normalized spacial score (nSPS) is 30.2. The third-order valence-electron chi connectivity index (χ3n) is 26.0. The molecule has 9 heterocycles. The Morgan fingerprint density at radius 1 is 0.461 bits per heavy atom. The number of alkyl halides is 6. The van der Waals surface area contributed by atoms with Crippen molar-refractivity contribution in [3.8, 4) is 17.6 Å². The minimum absolute atomic E-state index is 0. The van der Waals surface area contributed by atoms with Crippen LogP contribution in [0.15, 0.2) is 72.8 Å². The predicted molar refractivity (Wildman–Crippen MR) is 445 cm³/mol. The molecule has 15 rings (SSSR count). The van der Waals surface area contributed by atoms with Crippen LogP contribution < -0.4 is 30.2 Å². The summed E-state index contributed by atoms with van der Waals surface area (Å²) in [5, 5.41) is 9.72. The summed E-state index contributed by atoms with van der Waals surface area (Å²) in [5.74, 6) is -15.2. The Kier molecular flexibility index (Phi) is 32.1. The summed E-state index contributed by atoms with van der Waals surface area (Å²) in [6.45, 7) is 22.8. The number of hydrogen-bond donors (Lipinski definition) is 3. The molecule has 3 radical (unpaired) electrons. The molecule has 6 fully saturated rings. The molecule has 3 N–H and O–H groups in total. The first-order valence-electron chi connectivity index (χ1n) is 43.2. The molecule has 3 aliphatic carbocycles. The molecule has 3 saturated carbocycles. The van der Waals surface area contributed by atoms with Crippen LogP contribution in [0, 0.1) is 63.4 Å². The van der Waals surface area contributed by atoms with Crippen LogP contribution in [0.2, 0.25) is 5.02 Å². The number of pyridine rings is 3. The van der Waals surface area contributed by atoms with Crippen LogP contribution in [0.5, 0.6) is 17.6 Å². The monoisotopic (exact) mass is 1920 g/mol. The maximum atomic E-state index is 15.9. The van der Waals surface area contributed by atoms with Gasteiger partial charge in [0.15, 0.2) is 0 Å². The smallest absolute Gasteiger partial charge is 0.408 e. The minimum Gasteiger partial charge on any atom is -0.540 e. The van der Waals surface area contributed by atoms with Crippen molar-refractivity contribution in [2.24, 2.45) is 51.8 Å². The van der Waals surface area contributed by atoms with Crippen molar-refractivity contribution in [1.82, 2.24) is 45.6 Å².